The molecule has 0 amide bonds. The third-order valence-electron chi connectivity index (χ3n) is 5.04. The van der Waals surface area contributed by atoms with Crippen molar-refractivity contribution in [3.8, 4) is 0 Å². The summed E-state index contributed by atoms with van der Waals surface area (Å²) >= 11 is 0. The molecule has 0 aliphatic heterocycles. The van der Waals surface area contributed by atoms with Gasteiger partial charge in [-0.25, -0.2) is 27.1 Å². The van der Waals surface area contributed by atoms with Crippen molar-refractivity contribution in [3.63, 3.8) is 0 Å². The zero-order valence-electron chi connectivity index (χ0n) is 18.4. The first kappa shape index (κ1) is 28.0. The summed E-state index contributed by atoms with van der Waals surface area (Å²) in [6.45, 7) is 3.93. The minimum Gasteiger partial charge on any atom is -0.335 e. The van der Waals surface area contributed by atoms with Gasteiger partial charge in [0, 0.05) is 38.3 Å². The van der Waals surface area contributed by atoms with E-state index < -0.39 is 10.0 Å². The second kappa shape index (κ2) is 11.2. The number of hydrogen-bond donors (Lipinski definition) is 1. The smallest absolute Gasteiger partial charge is 0.242 e. The van der Waals surface area contributed by atoms with E-state index in [9.17, 15) is 12.8 Å². The standard InChI is InChI=1S/C21H26FN5O2S.2ClH/c1-14-19(11-16-5-7-18(8-6-16)30(28,29)26(3)4)21-20(12-24-15(2)25-21)27(14)13-17(22)9-10-23;;/h5-9,12H,10-11,13,23H2,1-4H3;2*1H. The van der Waals surface area contributed by atoms with Crippen molar-refractivity contribution in [2.75, 3.05) is 20.6 Å². The predicted octanol–water partition coefficient (Wildman–Crippen LogP) is 3.54. The molecule has 0 atom stereocenters. The van der Waals surface area contributed by atoms with Crippen LogP contribution in [0.4, 0.5) is 4.39 Å². The Balaban J connectivity index is 0.00000256. The fourth-order valence-corrected chi connectivity index (χ4v) is 4.25. The van der Waals surface area contributed by atoms with Gasteiger partial charge >= 0.3 is 0 Å². The number of halogens is 3. The molecule has 7 nitrogen and oxygen atoms in total. The minimum atomic E-state index is -3.48. The van der Waals surface area contributed by atoms with Crippen molar-refractivity contribution < 1.29 is 12.8 Å². The molecule has 0 spiro atoms. The highest BCUT2D eigenvalue weighted by Crippen LogP contribution is 2.28. The second-order valence-electron chi connectivity index (χ2n) is 7.30. The Morgan fingerprint density at radius 1 is 1.19 bits per heavy atom. The van der Waals surface area contributed by atoms with Gasteiger partial charge in [-0.3, -0.25) is 0 Å². The lowest BCUT2D eigenvalue weighted by molar-refractivity contribution is 0.520. The number of nitrogens with zero attached hydrogens (tertiary/aromatic N) is 4. The Labute approximate surface area is 200 Å². The lowest BCUT2D eigenvalue weighted by Gasteiger charge is -2.12. The Kier molecular flexibility index (Phi) is 9.80. The normalized spacial score (nSPS) is 12.0. The summed E-state index contributed by atoms with van der Waals surface area (Å²) in [5, 5.41) is 0. The van der Waals surface area contributed by atoms with E-state index >= 15 is 0 Å². The zero-order chi connectivity index (χ0) is 22.1. The van der Waals surface area contributed by atoms with Crippen molar-refractivity contribution in [2.24, 2.45) is 5.73 Å². The molecule has 0 saturated carbocycles. The molecule has 2 heterocycles. The molecule has 0 aliphatic carbocycles. The van der Waals surface area contributed by atoms with Gasteiger partial charge in [0.15, 0.2) is 0 Å². The lowest BCUT2D eigenvalue weighted by Crippen LogP contribution is -2.22. The maximum absolute atomic E-state index is 14.2. The average Bonchev–Trinajstić information content (AvgIpc) is 2.93. The third-order valence-corrected chi connectivity index (χ3v) is 6.87. The molecule has 0 aliphatic rings. The van der Waals surface area contributed by atoms with Gasteiger partial charge < -0.3 is 10.3 Å². The Hall–Kier alpha value is -2.04. The number of nitrogens with two attached hydrogens (primary N) is 1. The van der Waals surface area contributed by atoms with Gasteiger partial charge in [-0.15, -0.1) is 24.8 Å². The molecule has 11 heteroatoms. The highest BCUT2D eigenvalue weighted by atomic mass is 35.5. The summed E-state index contributed by atoms with van der Waals surface area (Å²) in [6.07, 6.45) is 3.59. The first-order valence-electron chi connectivity index (χ1n) is 9.52. The molecule has 0 radical (unpaired) electrons. The molecule has 0 unspecified atom stereocenters. The minimum absolute atomic E-state index is 0. The molecule has 2 N–H and O–H groups in total. The monoisotopic (exact) mass is 503 g/mol. The zero-order valence-corrected chi connectivity index (χ0v) is 20.8. The van der Waals surface area contributed by atoms with Gasteiger partial charge in [0.25, 0.3) is 0 Å². The van der Waals surface area contributed by atoms with Gasteiger partial charge in [-0.05, 0) is 37.6 Å². The van der Waals surface area contributed by atoms with Gasteiger partial charge in [-0.1, -0.05) is 12.1 Å². The highest BCUT2D eigenvalue weighted by molar-refractivity contribution is 7.89. The summed E-state index contributed by atoms with van der Waals surface area (Å²) in [6, 6.07) is 6.79. The third kappa shape index (κ3) is 5.65. The molecule has 1 aromatic carbocycles. The van der Waals surface area contributed by atoms with Gasteiger partial charge in [0.1, 0.15) is 11.7 Å². The second-order valence-corrected chi connectivity index (χ2v) is 9.45. The summed E-state index contributed by atoms with van der Waals surface area (Å²) < 4.78 is 41.8. The fraction of sp³-hybridized carbons (Fsp3) is 0.333. The molecule has 0 saturated heterocycles. The fourth-order valence-electron chi connectivity index (χ4n) is 3.35. The van der Waals surface area contributed by atoms with Crippen LogP contribution < -0.4 is 5.73 Å². The molecule has 0 fully saturated rings. The van der Waals surface area contributed by atoms with E-state index in [1.54, 1.807) is 30.5 Å². The quantitative estimate of drug-likeness (QED) is 0.531. The number of aromatic nitrogens is 3. The van der Waals surface area contributed by atoms with Crippen LogP contribution in [-0.4, -0.2) is 47.9 Å². The molecule has 3 rings (SSSR count). The van der Waals surface area contributed by atoms with Gasteiger partial charge in [0.05, 0.1) is 28.7 Å². The van der Waals surface area contributed by atoms with Crippen LogP contribution in [0.3, 0.4) is 0 Å². The van der Waals surface area contributed by atoms with Crippen molar-refractivity contribution in [1.82, 2.24) is 18.8 Å². The van der Waals surface area contributed by atoms with E-state index in [1.165, 1.54) is 24.5 Å². The van der Waals surface area contributed by atoms with Crippen LogP contribution in [0.1, 0.15) is 22.6 Å². The number of allylic oxidation sites excluding steroid dienone is 1. The molecule has 0 bridgehead atoms. The van der Waals surface area contributed by atoms with Crippen molar-refractivity contribution >= 4 is 45.9 Å². The van der Waals surface area contributed by atoms with Gasteiger partial charge in [0.2, 0.25) is 10.0 Å². The number of fused-ring (bicyclic) bond motifs is 1. The number of hydrogen-bond acceptors (Lipinski definition) is 5. The lowest BCUT2D eigenvalue weighted by atomic mass is 10.0. The van der Waals surface area contributed by atoms with Crippen LogP contribution in [0.2, 0.25) is 0 Å². The molecule has 2 aromatic heterocycles. The van der Waals surface area contributed by atoms with Crippen LogP contribution in [0, 0.1) is 13.8 Å². The van der Waals surface area contributed by atoms with E-state index in [0.29, 0.717) is 12.2 Å². The molecule has 176 valence electrons. The Bertz CT molecular complexity index is 1210. The topological polar surface area (TPSA) is 94.1 Å². The SMILES string of the molecule is Cc1ncc2c(n1)c(Cc1ccc(S(=O)(=O)N(C)C)cc1)c(C)n2CC(F)=CCN.Cl.Cl. The summed E-state index contributed by atoms with van der Waals surface area (Å²) in [5.74, 6) is 0.314. The molecular formula is C21H28Cl2FN5O2S. The predicted molar refractivity (Wildman–Crippen MR) is 130 cm³/mol. The first-order chi connectivity index (χ1) is 14.1. The molecule has 3 aromatic rings. The maximum Gasteiger partial charge on any atom is 0.242 e. The summed E-state index contributed by atoms with van der Waals surface area (Å²) in [5.41, 5.74) is 9.72. The molecule has 32 heavy (non-hydrogen) atoms. The molecular weight excluding hydrogens is 476 g/mol. The van der Waals surface area contributed by atoms with E-state index in [4.69, 9.17) is 5.73 Å². The van der Waals surface area contributed by atoms with Gasteiger partial charge in [-0.2, -0.15) is 0 Å². The van der Waals surface area contributed by atoms with E-state index in [2.05, 4.69) is 9.97 Å². The Morgan fingerprint density at radius 2 is 1.81 bits per heavy atom. The summed E-state index contributed by atoms with van der Waals surface area (Å²) in [4.78, 5) is 9.09. The van der Waals surface area contributed by atoms with Crippen LogP contribution >= 0.6 is 24.8 Å². The van der Waals surface area contributed by atoms with Crippen LogP contribution in [0.15, 0.2) is 47.3 Å². The largest absolute Gasteiger partial charge is 0.335 e. The number of rotatable bonds is 7. The first-order valence-corrected chi connectivity index (χ1v) is 11.0. The van der Waals surface area contributed by atoms with Crippen LogP contribution in [0.5, 0.6) is 0 Å². The summed E-state index contributed by atoms with van der Waals surface area (Å²) in [7, 11) is -0.476. The Morgan fingerprint density at radius 3 is 2.38 bits per heavy atom. The van der Waals surface area contributed by atoms with Crippen molar-refractivity contribution in [2.45, 2.75) is 31.7 Å². The highest BCUT2D eigenvalue weighted by Gasteiger charge is 2.19. The van der Waals surface area contributed by atoms with E-state index in [1.807, 2.05) is 18.4 Å². The van der Waals surface area contributed by atoms with Crippen LogP contribution in [0.25, 0.3) is 11.0 Å². The maximum atomic E-state index is 14.2. The number of benzene rings is 1. The van der Waals surface area contributed by atoms with Crippen LogP contribution in [-0.2, 0) is 23.0 Å². The number of sulfonamides is 1. The average molecular weight is 504 g/mol. The number of aryl methyl sites for hydroxylation is 1. The van der Waals surface area contributed by atoms with E-state index in [0.717, 1.165) is 27.9 Å². The van der Waals surface area contributed by atoms with Crippen molar-refractivity contribution in [1.29, 1.82) is 0 Å². The van der Waals surface area contributed by atoms with E-state index in [-0.39, 0.29) is 48.6 Å². The van der Waals surface area contributed by atoms with Crippen molar-refractivity contribution in [3.05, 3.63) is 65.0 Å².